The van der Waals surface area contributed by atoms with Gasteiger partial charge in [0.05, 0.1) is 20.4 Å². The van der Waals surface area contributed by atoms with Gasteiger partial charge in [0.25, 0.3) is 0 Å². The Morgan fingerprint density at radius 3 is 1.84 bits per heavy atom. The summed E-state index contributed by atoms with van der Waals surface area (Å²) in [6.45, 7) is 0. The van der Waals surface area contributed by atoms with Crippen molar-refractivity contribution in [2.75, 3.05) is 0 Å². The van der Waals surface area contributed by atoms with Crippen molar-refractivity contribution in [2.24, 2.45) is 0 Å². The van der Waals surface area contributed by atoms with Crippen LogP contribution in [0.3, 0.4) is 0 Å². The second-order valence-corrected chi connectivity index (χ2v) is 7.02. The molecule has 0 saturated heterocycles. The number of alkyl halides is 6. The molecule has 2 aromatic carbocycles. The molecule has 25 heavy (non-hydrogen) atoms. The van der Waals surface area contributed by atoms with Crippen LogP contribution in [0.25, 0.3) is 0 Å². The zero-order valence-electron chi connectivity index (χ0n) is 11.8. The summed E-state index contributed by atoms with van der Waals surface area (Å²) in [5.74, 6) is -0.668. The van der Waals surface area contributed by atoms with E-state index in [9.17, 15) is 34.8 Å². The molecule has 0 saturated carbocycles. The van der Waals surface area contributed by atoms with Crippen LogP contribution in [-0.2, 0) is 16.0 Å². The molecule has 136 valence electrons. The molecule has 0 heterocycles. The maximum Gasteiger partial charge on any atom is 0.573 e. The van der Waals surface area contributed by atoms with Crippen molar-refractivity contribution in [1.82, 2.24) is 0 Å². The van der Waals surface area contributed by atoms with Crippen LogP contribution >= 0.6 is 11.6 Å². The average molecular weight is 405 g/mol. The van der Waals surface area contributed by atoms with Crippen LogP contribution in [0.5, 0.6) is 5.75 Å². The Kier molecular flexibility index (Phi) is 4.97. The molecule has 0 aliphatic heterocycles. The van der Waals surface area contributed by atoms with E-state index in [2.05, 4.69) is 4.74 Å². The van der Waals surface area contributed by atoms with Gasteiger partial charge in [0, 0.05) is 0 Å². The summed E-state index contributed by atoms with van der Waals surface area (Å²) < 4.78 is 103. The fourth-order valence-corrected chi connectivity index (χ4v) is 3.36. The topological polar surface area (TPSA) is 43.4 Å². The van der Waals surface area contributed by atoms with Crippen LogP contribution in [0.1, 0.15) is 5.56 Å². The minimum Gasteiger partial charge on any atom is -0.406 e. The van der Waals surface area contributed by atoms with E-state index in [4.69, 9.17) is 11.6 Å². The summed E-state index contributed by atoms with van der Waals surface area (Å²) in [4.78, 5) is -1.20. The molecule has 2 aromatic rings. The van der Waals surface area contributed by atoms with Crippen molar-refractivity contribution < 1.29 is 39.5 Å². The average Bonchev–Trinajstić information content (AvgIpc) is 2.45. The first-order chi connectivity index (χ1) is 11.3. The van der Waals surface area contributed by atoms with Gasteiger partial charge in [-0.2, -0.15) is 13.2 Å². The molecule has 0 spiro atoms. The van der Waals surface area contributed by atoms with E-state index in [1.807, 2.05) is 0 Å². The maximum atomic E-state index is 12.8. The van der Waals surface area contributed by atoms with E-state index in [-0.39, 0.29) is 0 Å². The highest BCUT2D eigenvalue weighted by molar-refractivity contribution is 7.91. The third-order valence-corrected chi connectivity index (χ3v) is 5.02. The first-order valence-corrected chi connectivity index (χ1v) is 8.14. The monoisotopic (exact) mass is 404 g/mol. The van der Waals surface area contributed by atoms with E-state index in [0.717, 1.165) is 36.4 Å². The van der Waals surface area contributed by atoms with Gasteiger partial charge in [-0.3, -0.25) is 0 Å². The van der Waals surface area contributed by atoms with Crippen molar-refractivity contribution in [3.63, 3.8) is 0 Å². The molecule has 0 N–H and O–H groups in total. The zero-order chi connectivity index (χ0) is 19.0. The van der Waals surface area contributed by atoms with Gasteiger partial charge in [0.1, 0.15) is 5.75 Å². The lowest BCUT2D eigenvalue weighted by Gasteiger charge is -2.12. The Morgan fingerprint density at radius 1 is 0.840 bits per heavy atom. The highest BCUT2D eigenvalue weighted by atomic mass is 35.5. The van der Waals surface area contributed by atoms with Gasteiger partial charge >= 0.3 is 12.5 Å². The molecule has 3 nitrogen and oxygen atoms in total. The quantitative estimate of drug-likeness (QED) is 0.669. The number of hydrogen-bond donors (Lipinski definition) is 0. The van der Waals surface area contributed by atoms with Crippen molar-refractivity contribution in [1.29, 1.82) is 0 Å². The van der Waals surface area contributed by atoms with Crippen LogP contribution in [0.2, 0.25) is 5.02 Å². The van der Waals surface area contributed by atoms with Crippen LogP contribution in [-0.4, -0.2) is 14.8 Å². The summed E-state index contributed by atoms with van der Waals surface area (Å²) in [5, 5.41) is -0.680. The Balaban J connectivity index is 2.42. The summed E-state index contributed by atoms with van der Waals surface area (Å²) >= 11 is 5.42. The molecule has 0 bridgehead atoms. The van der Waals surface area contributed by atoms with Gasteiger partial charge < -0.3 is 4.74 Å². The number of sulfone groups is 1. The Labute approximate surface area is 142 Å². The van der Waals surface area contributed by atoms with Gasteiger partial charge in [-0.05, 0) is 42.5 Å². The Morgan fingerprint density at radius 2 is 1.36 bits per heavy atom. The third-order valence-electron chi connectivity index (χ3n) is 2.92. The number of benzene rings is 2. The van der Waals surface area contributed by atoms with Gasteiger partial charge in [-0.25, -0.2) is 8.42 Å². The predicted molar refractivity (Wildman–Crippen MR) is 75.0 cm³/mol. The first-order valence-electron chi connectivity index (χ1n) is 6.28. The molecule has 0 aliphatic rings. The molecule has 0 aromatic heterocycles. The molecular weight excluding hydrogens is 398 g/mol. The smallest absolute Gasteiger partial charge is 0.406 e. The lowest BCUT2D eigenvalue weighted by atomic mass is 10.2. The Bertz CT molecular complexity index is 873. The van der Waals surface area contributed by atoms with Crippen molar-refractivity contribution in [3.05, 3.63) is 53.1 Å². The fraction of sp³-hybridized carbons (Fsp3) is 0.143. The molecule has 11 heteroatoms. The second kappa shape index (κ2) is 6.41. The SMILES string of the molecule is O=S(=O)(c1ccc(OC(F)(F)F)cc1)c1ccc(Cl)c(C(F)(F)F)c1. The summed E-state index contributed by atoms with van der Waals surface area (Å²) in [7, 11) is -4.39. The molecule has 0 radical (unpaired) electrons. The minimum atomic E-state index is -4.96. The number of ether oxygens (including phenoxy) is 1. The van der Waals surface area contributed by atoms with Gasteiger partial charge in [-0.1, -0.05) is 11.6 Å². The predicted octanol–water partition coefficient (Wildman–Crippen LogP) is 5.09. The van der Waals surface area contributed by atoms with E-state index < -0.39 is 48.5 Å². The molecule has 0 atom stereocenters. The summed E-state index contributed by atoms with van der Waals surface area (Å²) in [6.07, 6.45) is -9.83. The largest absolute Gasteiger partial charge is 0.573 e. The standard InChI is InChI=1S/C14H7ClF6O3S/c15-12-6-5-10(7-11(12)13(16,17)18)25(22,23)9-3-1-8(2-4-9)24-14(19,20)21/h1-7H. The molecule has 0 aliphatic carbocycles. The third kappa shape index (κ3) is 4.57. The Hall–Kier alpha value is -1.94. The normalized spacial score (nSPS) is 12.9. The first kappa shape index (κ1) is 19.4. The highest BCUT2D eigenvalue weighted by Crippen LogP contribution is 2.37. The molecule has 2 rings (SSSR count). The van der Waals surface area contributed by atoms with Gasteiger partial charge in [-0.15, -0.1) is 13.2 Å². The molecule has 0 amide bonds. The van der Waals surface area contributed by atoms with E-state index in [1.165, 1.54) is 0 Å². The second-order valence-electron chi connectivity index (χ2n) is 4.66. The molecular formula is C14H7ClF6O3S. The van der Waals surface area contributed by atoms with Crippen molar-refractivity contribution >= 4 is 21.4 Å². The van der Waals surface area contributed by atoms with Crippen LogP contribution < -0.4 is 4.74 Å². The van der Waals surface area contributed by atoms with E-state index >= 15 is 0 Å². The maximum absolute atomic E-state index is 12.8. The number of halogens is 7. The van der Waals surface area contributed by atoms with E-state index in [0.29, 0.717) is 6.07 Å². The van der Waals surface area contributed by atoms with Gasteiger partial charge in [0.2, 0.25) is 9.84 Å². The van der Waals surface area contributed by atoms with Crippen LogP contribution in [0.15, 0.2) is 52.3 Å². The lowest BCUT2D eigenvalue weighted by Crippen LogP contribution is -2.17. The zero-order valence-corrected chi connectivity index (χ0v) is 13.4. The van der Waals surface area contributed by atoms with Crippen molar-refractivity contribution in [3.8, 4) is 5.75 Å². The van der Waals surface area contributed by atoms with E-state index in [1.54, 1.807) is 0 Å². The van der Waals surface area contributed by atoms with Crippen LogP contribution in [0, 0.1) is 0 Å². The highest BCUT2D eigenvalue weighted by Gasteiger charge is 2.35. The lowest BCUT2D eigenvalue weighted by molar-refractivity contribution is -0.274. The van der Waals surface area contributed by atoms with Crippen molar-refractivity contribution in [2.45, 2.75) is 22.3 Å². The van der Waals surface area contributed by atoms with Gasteiger partial charge in [0.15, 0.2) is 0 Å². The number of hydrogen-bond acceptors (Lipinski definition) is 3. The molecule has 0 unspecified atom stereocenters. The number of rotatable bonds is 3. The van der Waals surface area contributed by atoms with Crippen LogP contribution in [0.4, 0.5) is 26.3 Å². The minimum absolute atomic E-state index is 0.359. The fourth-order valence-electron chi connectivity index (χ4n) is 1.85. The molecule has 0 fully saturated rings. The summed E-state index contributed by atoms with van der Waals surface area (Å²) in [5.41, 5.74) is -1.34. The summed E-state index contributed by atoms with van der Waals surface area (Å²) in [6, 6.07) is 5.06.